The molecule has 2 unspecified atom stereocenters. The largest absolute Gasteiger partial charge is 0.493 e. The van der Waals surface area contributed by atoms with Crippen LogP contribution in [0.5, 0.6) is 11.5 Å². The van der Waals surface area contributed by atoms with Crippen LogP contribution in [0.15, 0.2) is 12.1 Å². The van der Waals surface area contributed by atoms with Gasteiger partial charge in [0.1, 0.15) is 6.10 Å². The fraction of sp³-hybridized carbons (Fsp3) is 0.556. The SMILES string of the molecule is COc1cc2c(cc1OC)C(CC(=O)O)N(C(=O)C1CCCO1)CC2. The number of nitrogens with zero attached hydrogens (tertiary/aromatic N) is 1. The van der Waals surface area contributed by atoms with Gasteiger partial charge in [-0.15, -0.1) is 0 Å². The average molecular weight is 349 g/mol. The lowest BCUT2D eigenvalue weighted by Gasteiger charge is -2.38. The molecule has 0 aliphatic carbocycles. The molecule has 2 heterocycles. The Hall–Kier alpha value is -2.28. The second-order valence-electron chi connectivity index (χ2n) is 6.30. The van der Waals surface area contributed by atoms with E-state index in [-0.39, 0.29) is 12.3 Å². The molecule has 136 valence electrons. The van der Waals surface area contributed by atoms with E-state index in [2.05, 4.69) is 0 Å². The van der Waals surface area contributed by atoms with E-state index in [0.717, 1.165) is 17.5 Å². The number of rotatable bonds is 5. The summed E-state index contributed by atoms with van der Waals surface area (Å²) in [6.07, 6.45) is 1.58. The van der Waals surface area contributed by atoms with E-state index in [1.54, 1.807) is 18.1 Å². The van der Waals surface area contributed by atoms with Crippen LogP contribution in [0.3, 0.4) is 0 Å². The van der Waals surface area contributed by atoms with Crippen LogP contribution in [-0.4, -0.2) is 55.4 Å². The molecule has 3 rings (SSSR count). The number of aliphatic carboxylic acids is 1. The minimum atomic E-state index is -0.947. The molecule has 1 fully saturated rings. The monoisotopic (exact) mass is 349 g/mol. The first kappa shape index (κ1) is 17.5. The Morgan fingerprint density at radius 2 is 2.00 bits per heavy atom. The maximum absolute atomic E-state index is 12.8. The van der Waals surface area contributed by atoms with Crippen LogP contribution in [0.4, 0.5) is 0 Å². The van der Waals surface area contributed by atoms with Crippen molar-refractivity contribution in [1.29, 1.82) is 0 Å². The second-order valence-corrected chi connectivity index (χ2v) is 6.30. The molecular weight excluding hydrogens is 326 g/mol. The Kier molecular flexibility index (Phi) is 5.13. The zero-order valence-electron chi connectivity index (χ0n) is 14.5. The normalized spacial score (nSPS) is 22.4. The lowest BCUT2D eigenvalue weighted by molar-refractivity contribution is -0.147. The van der Waals surface area contributed by atoms with Gasteiger partial charge in [0, 0.05) is 13.2 Å². The van der Waals surface area contributed by atoms with Crippen LogP contribution in [0.1, 0.15) is 36.4 Å². The van der Waals surface area contributed by atoms with Crippen LogP contribution in [-0.2, 0) is 20.7 Å². The quantitative estimate of drug-likeness (QED) is 0.872. The molecule has 1 aromatic carbocycles. The number of methoxy groups -OCH3 is 2. The molecule has 7 nitrogen and oxygen atoms in total. The first-order chi connectivity index (χ1) is 12.0. The standard InChI is InChI=1S/C18H23NO6/c1-23-15-8-11-5-6-19(18(22)14-4-3-7-25-14)13(10-17(20)21)12(11)9-16(15)24-2/h8-9,13-14H,3-7,10H2,1-2H3,(H,20,21). The molecule has 1 saturated heterocycles. The topological polar surface area (TPSA) is 85.3 Å². The Labute approximate surface area is 146 Å². The zero-order valence-corrected chi connectivity index (χ0v) is 14.5. The molecule has 2 aliphatic rings. The molecule has 7 heteroatoms. The third-order valence-corrected chi connectivity index (χ3v) is 4.86. The van der Waals surface area contributed by atoms with E-state index >= 15 is 0 Å². The summed E-state index contributed by atoms with van der Waals surface area (Å²) in [7, 11) is 3.10. The summed E-state index contributed by atoms with van der Waals surface area (Å²) in [6.45, 7) is 1.05. The molecule has 25 heavy (non-hydrogen) atoms. The number of benzene rings is 1. The molecule has 0 aromatic heterocycles. The van der Waals surface area contributed by atoms with Crippen molar-refractivity contribution in [3.05, 3.63) is 23.3 Å². The molecule has 2 atom stereocenters. The smallest absolute Gasteiger partial charge is 0.305 e. The van der Waals surface area contributed by atoms with Gasteiger partial charge in [0.2, 0.25) is 0 Å². The van der Waals surface area contributed by atoms with Gasteiger partial charge < -0.3 is 24.2 Å². The van der Waals surface area contributed by atoms with Crippen molar-refractivity contribution >= 4 is 11.9 Å². The van der Waals surface area contributed by atoms with Gasteiger partial charge in [-0.1, -0.05) is 0 Å². The van der Waals surface area contributed by atoms with Gasteiger partial charge in [0.05, 0.1) is 26.7 Å². The maximum Gasteiger partial charge on any atom is 0.305 e. The van der Waals surface area contributed by atoms with Gasteiger partial charge in [0.15, 0.2) is 11.5 Å². The fourth-order valence-corrected chi connectivity index (χ4v) is 3.63. The zero-order chi connectivity index (χ0) is 18.0. The highest BCUT2D eigenvalue weighted by Gasteiger charge is 2.37. The maximum atomic E-state index is 12.8. The highest BCUT2D eigenvalue weighted by atomic mass is 16.5. The number of carboxylic acid groups (broad SMARTS) is 1. The first-order valence-corrected chi connectivity index (χ1v) is 8.43. The number of amides is 1. The van der Waals surface area contributed by atoms with E-state index < -0.39 is 18.1 Å². The summed E-state index contributed by atoms with van der Waals surface area (Å²) >= 11 is 0. The predicted octanol–water partition coefficient (Wildman–Crippen LogP) is 1.78. The van der Waals surface area contributed by atoms with Gasteiger partial charge in [-0.3, -0.25) is 9.59 Å². The lowest BCUT2D eigenvalue weighted by Crippen LogP contribution is -2.45. The summed E-state index contributed by atoms with van der Waals surface area (Å²) in [5.74, 6) is 0.0687. The Bertz CT molecular complexity index is 668. The van der Waals surface area contributed by atoms with E-state index in [1.807, 2.05) is 6.07 Å². The molecule has 2 aliphatic heterocycles. The number of carbonyl (C=O) groups excluding carboxylic acids is 1. The van der Waals surface area contributed by atoms with E-state index in [0.29, 0.717) is 37.5 Å². The van der Waals surface area contributed by atoms with Crippen molar-refractivity contribution in [3.63, 3.8) is 0 Å². The predicted molar refractivity (Wildman–Crippen MR) is 88.9 cm³/mol. The van der Waals surface area contributed by atoms with Gasteiger partial charge in [-0.2, -0.15) is 0 Å². The number of ether oxygens (including phenoxy) is 3. The van der Waals surface area contributed by atoms with Crippen molar-refractivity contribution in [3.8, 4) is 11.5 Å². The lowest BCUT2D eigenvalue weighted by atomic mass is 9.89. The van der Waals surface area contributed by atoms with Crippen molar-refractivity contribution in [2.24, 2.45) is 0 Å². The summed E-state index contributed by atoms with van der Waals surface area (Å²) < 4.78 is 16.2. The molecule has 1 aromatic rings. The number of fused-ring (bicyclic) bond motifs is 1. The minimum absolute atomic E-state index is 0.121. The summed E-state index contributed by atoms with van der Waals surface area (Å²) in [5, 5.41) is 9.36. The highest BCUT2D eigenvalue weighted by molar-refractivity contribution is 5.83. The van der Waals surface area contributed by atoms with E-state index in [1.165, 1.54) is 7.11 Å². The Morgan fingerprint density at radius 3 is 2.60 bits per heavy atom. The van der Waals surface area contributed by atoms with Crippen LogP contribution in [0.25, 0.3) is 0 Å². The third-order valence-electron chi connectivity index (χ3n) is 4.86. The van der Waals surface area contributed by atoms with Gasteiger partial charge in [-0.05, 0) is 42.5 Å². The average Bonchev–Trinajstić information content (AvgIpc) is 3.14. The summed E-state index contributed by atoms with van der Waals surface area (Å²) in [4.78, 5) is 25.9. The molecule has 0 spiro atoms. The number of carboxylic acids is 1. The minimum Gasteiger partial charge on any atom is -0.493 e. The summed E-state index contributed by atoms with van der Waals surface area (Å²) in [6, 6.07) is 3.13. The van der Waals surface area contributed by atoms with Crippen LogP contribution < -0.4 is 9.47 Å². The molecule has 1 N–H and O–H groups in total. The van der Waals surface area contributed by atoms with Crippen molar-refractivity contribution in [2.75, 3.05) is 27.4 Å². The highest BCUT2D eigenvalue weighted by Crippen LogP contribution is 2.40. The molecule has 0 radical (unpaired) electrons. The molecule has 0 saturated carbocycles. The van der Waals surface area contributed by atoms with Crippen molar-refractivity contribution < 1.29 is 28.9 Å². The van der Waals surface area contributed by atoms with E-state index in [4.69, 9.17) is 14.2 Å². The number of carbonyl (C=O) groups is 2. The van der Waals surface area contributed by atoms with Gasteiger partial charge in [0.25, 0.3) is 5.91 Å². The van der Waals surface area contributed by atoms with E-state index in [9.17, 15) is 14.7 Å². The molecular formula is C18H23NO6. The van der Waals surface area contributed by atoms with Crippen LogP contribution >= 0.6 is 0 Å². The number of hydrogen-bond donors (Lipinski definition) is 1. The Balaban J connectivity index is 1.97. The van der Waals surface area contributed by atoms with Gasteiger partial charge in [-0.25, -0.2) is 0 Å². The molecule has 1 amide bonds. The first-order valence-electron chi connectivity index (χ1n) is 8.43. The van der Waals surface area contributed by atoms with Crippen molar-refractivity contribution in [1.82, 2.24) is 4.90 Å². The Morgan fingerprint density at radius 1 is 1.28 bits per heavy atom. The third kappa shape index (κ3) is 3.42. The van der Waals surface area contributed by atoms with Crippen LogP contribution in [0, 0.1) is 0 Å². The van der Waals surface area contributed by atoms with Crippen molar-refractivity contribution in [2.45, 2.75) is 37.8 Å². The fourth-order valence-electron chi connectivity index (χ4n) is 3.63. The second kappa shape index (κ2) is 7.31. The van der Waals surface area contributed by atoms with Crippen LogP contribution in [0.2, 0.25) is 0 Å². The van der Waals surface area contributed by atoms with Gasteiger partial charge >= 0.3 is 5.97 Å². The number of hydrogen-bond acceptors (Lipinski definition) is 5. The summed E-state index contributed by atoms with van der Waals surface area (Å²) in [5.41, 5.74) is 1.79. The molecule has 0 bridgehead atoms.